The summed E-state index contributed by atoms with van der Waals surface area (Å²) >= 11 is 1.87. The summed E-state index contributed by atoms with van der Waals surface area (Å²) in [5, 5.41) is 0. The Hall–Kier alpha value is -1.49. The predicted octanol–water partition coefficient (Wildman–Crippen LogP) is 1.92. The van der Waals surface area contributed by atoms with Crippen molar-refractivity contribution in [3.05, 3.63) is 29.8 Å². The van der Waals surface area contributed by atoms with Crippen LogP contribution in [0.4, 0.5) is 5.69 Å². The van der Waals surface area contributed by atoms with Gasteiger partial charge in [-0.25, -0.2) is 0 Å². The van der Waals surface area contributed by atoms with Gasteiger partial charge in [-0.3, -0.25) is 9.59 Å². The molecule has 2 saturated heterocycles. The second-order valence-electron chi connectivity index (χ2n) is 5.60. The number of anilines is 1. The number of carbonyl (C=O) groups is 2. The third-order valence-electron chi connectivity index (χ3n) is 4.17. The summed E-state index contributed by atoms with van der Waals surface area (Å²) in [6, 6.07) is 7.91. The van der Waals surface area contributed by atoms with Gasteiger partial charge in [0.1, 0.15) is 5.92 Å². The van der Waals surface area contributed by atoms with Crippen molar-refractivity contribution in [3.8, 4) is 0 Å². The lowest BCUT2D eigenvalue weighted by Crippen LogP contribution is -2.44. The first-order chi connectivity index (χ1) is 10.2. The molecule has 21 heavy (non-hydrogen) atoms. The summed E-state index contributed by atoms with van der Waals surface area (Å²) in [5.41, 5.74) is 2.07. The highest BCUT2D eigenvalue weighted by atomic mass is 32.2. The molecule has 0 N–H and O–H groups in total. The number of rotatable bonds is 2. The van der Waals surface area contributed by atoms with Gasteiger partial charge in [0.25, 0.3) is 0 Å². The first-order valence-corrected chi connectivity index (χ1v) is 8.57. The number of hydrogen-bond acceptors (Lipinski definition) is 3. The number of amides is 2. The molecule has 1 atom stereocenters. The van der Waals surface area contributed by atoms with E-state index in [-0.39, 0.29) is 11.8 Å². The van der Waals surface area contributed by atoms with Crippen molar-refractivity contribution < 1.29 is 9.59 Å². The lowest BCUT2D eigenvalue weighted by molar-refractivity contribution is -0.139. The van der Waals surface area contributed by atoms with Gasteiger partial charge < -0.3 is 9.80 Å². The first kappa shape index (κ1) is 14.4. The van der Waals surface area contributed by atoms with E-state index >= 15 is 0 Å². The molecule has 2 fully saturated rings. The lowest BCUT2D eigenvalue weighted by Gasteiger charge is -2.28. The van der Waals surface area contributed by atoms with Gasteiger partial charge in [-0.15, -0.1) is 0 Å². The maximum atomic E-state index is 12.5. The van der Waals surface area contributed by atoms with Crippen molar-refractivity contribution in [2.24, 2.45) is 5.92 Å². The molecule has 0 bridgehead atoms. The maximum absolute atomic E-state index is 12.5. The van der Waals surface area contributed by atoms with Gasteiger partial charge in [-0.2, -0.15) is 11.8 Å². The van der Waals surface area contributed by atoms with E-state index in [1.165, 1.54) is 5.56 Å². The topological polar surface area (TPSA) is 40.6 Å². The molecule has 4 nitrogen and oxygen atoms in total. The molecular formula is C16H20N2O2S. The molecule has 2 heterocycles. The average molecular weight is 304 g/mol. The van der Waals surface area contributed by atoms with Crippen molar-refractivity contribution in [1.29, 1.82) is 0 Å². The zero-order valence-electron chi connectivity index (χ0n) is 12.2. The van der Waals surface area contributed by atoms with Crippen LogP contribution in [0, 0.1) is 12.8 Å². The fraction of sp³-hybridized carbons (Fsp3) is 0.500. The van der Waals surface area contributed by atoms with Crippen LogP contribution in [0.15, 0.2) is 24.3 Å². The van der Waals surface area contributed by atoms with E-state index in [2.05, 4.69) is 0 Å². The highest BCUT2D eigenvalue weighted by Gasteiger charge is 2.39. The summed E-state index contributed by atoms with van der Waals surface area (Å²) in [5.74, 6) is 1.47. The Kier molecular flexibility index (Phi) is 4.19. The van der Waals surface area contributed by atoms with Gasteiger partial charge in [0.15, 0.2) is 0 Å². The number of benzene rings is 1. The summed E-state index contributed by atoms with van der Waals surface area (Å²) in [6.07, 6.45) is 0.634. The summed E-state index contributed by atoms with van der Waals surface area (Å²) in [4.78, 5) is 28.7. The standard InChI is InChI=1S/C16H20N2O2S/c1-12-2-4-13(5-3-12)18-7-6-14(16(18)20)15(19)17-8-10-21-11-9-17/h2-5,14H,6-11H2,1H3/t14-/m1/s1. The van der Waals surface area contributed by atoms with Crippen LogP contribution in [-0.4, -0.2) is 47.9 Å². The summed E-state index contributed by atoms with van der Waals surface area (Å²) in [6.45, 7) is 4.22. The number of thioether (sulfide) groups is 1. The van der Waals surface area contributed by atoms with Crippen molar-refractivity contribution in [2.75, 3.05) is 36.0 Å². The van der Waals surface area contributed by atoms with Crippen LogP contribution in [0.25, 0.3) is 0 Å². The molecule has 2 aliphatic heterocycles. The Morgan fingerprint density at radius 3 is 2.48 bits per heavy atom. The highest BCUT2D eigenvalue weighted by Crippen LogP contribution is 2.27. The zero-order chi connectivity index (χ0) is 14.8. The van der Waals surface area contributed by atoms with Gasteiger partial charge in [0.2, 0.25) is 11.8 Å². The lowest BCUT2D eigenvalue weighted by atomic mass is 10.1. The zero-order valence-corrected chi connectivity index (χ0v) is 13.1. The maximum Gasteiger partial charge on any atom is 0.239 e. The van der Waals surface area contributed by atoms with Crippen LogP contribution in [0.1, 0.15) is 12.0 Å². The van der Waals surface area contributed by atoms with Crippen LogP contribution in [0.5, 0.6) is 0 Å². The van der Waals surface area contributed by atoms with Crippen molar-refractivity contribution in [2.45, 2.75) is 13.3 Å². The average Bonchev–Trinajstić information content (AvgIpc) is 2.90. The molecule has 112 valence electrons. The third kappa shape index (κ3) is 2.93. The van der Waals surface area contributed by atoms with Gasteiger partial charge in [0.05, 0.1) is 0 Å². The molecule has 3 rings (SSSR count). The van der Waals surface area contributed by atoms with E-state index in [9.17, 15) is 9.59 Å². The Balaban J connectivity index is 1.71. The second kappa shape index (κ2) is 6.10. The quantitative estimate of drug-likeness (QED) is 0.784. The molecule has 2 aliphatic rings. The first-order valence-electron chi connectivity index (χ1n) is 7.41. The molecule has 0 unspecified atom stereocenters. The fourth-order valence-corrected chi connectivity index (χ4v) is 3.80. The predicted molar refractivity (Wildman–Crippen MR) is 85.5 cm³/mol. The van der Waals surface area contributed by atoms with E-state index in [0.29, 0.717) is 13.0 Å². The molecular weight excluding hydrogens is 284 g/mol. The van der Waals surface area contributed by atoms with E-state index < -0.39 is 5.92 Å². The minimum absolute atomic E-state index is 0.0231. The summed E-state index contributed by atoms with van der Waals surface area (Å²) < 4.78 is 0. The van der Waals surface area contributed by atoms with Crippen LogP contribution >= 0.6 is 11.8 Å². The largest absolute Gasteiger partial charge is 0.340 e. The molecule has 0 aromatic heterocycles. The van der Waals surface area contributed by atoms with E-state index in [0.717, 1.165) is 30.3 Å². The molecule has 5 heteroatoms. The molecule has 0 radical (unpaired) electrons. The molecule has 1 aromatic rings. The Bertz CT molecular complexity index is 538. The minimum Gasteiger partial charge on any atom is -0.340 e. The fourth-order valence-electron chi connectivity index (χ4n) is 2.89. The van der Waals surface area contributed by atoms with Crippen molar-refractivity contribution in [3.63, 3.8) is 0 Å². The molecule has 0 saturated carbocycles. The SMILES string of the molecule is Cc1ccc(N2CC[C@H](C(=O)N3CCSCC3)C2=O)cc1. The molecule has 0 aliphatic carbocycles. The monoisotopic (exact) mass is 304 g/mol. The smallest absolute Gasteiger partial charge is 0.239 e. The van der Waals surface area contributed by atoms with Gasteiger partial charge >= 0.3 is 0 Å². The summed E-state index contributed by atoms with van der Waals surface area (Å²) in [7, 11) is 0. The van der Waals surface area contributed by atoms with Crippen molar-refractivity contribution in [1.82, 2.24) is 4.90 Å². The van der Waals surface area contributed by atoms with Crippen LogP contribution in [0.2, 0.25) is 0 Å². The Morgan fingerprint density at radius 1 is 1.14 bits per heavy atom. The number of hydrogen-bond donors (Lipinski definition) is 0. The van der Waals surface area contributed by atoms with Gasteiger partial charge in [0, 0.05) is 36.8 Å². The minimum atomic E-state index is -0.477. The van der Waals surface area contributed by atoms with Gasteiger partial charge in [-0.1, -0.05) is 17.7 Å². The Morgan fingerprint density at radius 2 is 1.81 bits per heavy atom. The second-order valence-corrected chi connectivity index (χ2v) is 6.83. The Labute approximate surface area is 129 Å². The van der Waals surface area contributed by atoms with E-state index in [1.807, 2.05) is 47.9 Å². The highest BCUT2D eigenvalue weighted by molar-refractivity contribution is 7.99. The van der Waals surface area contributed by atoms with Gasteiger partial charge in [-0.05, 0) is 25.5 Å². The van der Waals surface area contributed by atoms with E-state index in [4.69, 9.17) is 0 Å². The normalized spacial score (nSPS) is 22.7. The number of carbonyl (C=O) groups excluding carboxylic acids is 2. The molecule has 2 amide bonds. The van der Waals surface area contributed by atoms with Crippen LogP contribution < -0.4 is 4.90 Å². The van der Waals surface area contributed by atoms with Crippen molar-refractivity contribution >= 4 is 29.3 Å². The van der Waals surface area contributed by atoms with Crippen LogP contribution in [-0.2, 0) is 9.59 Å². The van der Waals surface area contributed by atoms with E-state index in [1.54, 1.807) is 4.90 Å². The number of nitrogens with zero attached hydrogens (tertiary/aromatic N) is 2. The van der Waals surface area contributed by atoms with Crippen LogP contribution in [0.3, 0.4) is 0 Å². The molecule has 0 spiro atoms. The third-order valence-corrected chi connectivity index (χ3v) is 5.11. The number of aryl methyl sites for hydroxylation is 1. The molecule has 1 aromatic carbocycles.